The molecule has 3 aromatic rings. The van der Waals surface area contributed by atoms with Crippen LogP contribution in [0, 0.1) is 0 Å². The molecule has 0 saturated carbocycles. The highest BCUT2D eigenvalue weighted by Crippen LogP contribution is 2.28. The molecule has 0 aliphatic carbocycles. The van der Waals surface area contributed by atoms with Crippen LogP contribution in [0.15, 0.2) is 63.8 Å². The van der Waals surface area contributed by atoms with E-state index >= 15 is 0 Å². The van der Waals surface area contributed by atoms with E-state index in [2.05, 4.69) is 0 Å². The van der Waals surface area contributed by atoms with Crippen molar-refractivity contribution in [1.29, 1.82) is 0 Å². The van der Waals surface area contributed by atoms with Gasteiger partial charge in [-0.2, -0.15) is 0 Å². The van der Waals surface area contributed by atoms with Gasteiger partial charge in [-0.25, -0.2) is 9.59 Å². The van der Waals surface area contributed by atoms with Crippen LogP contribution >= 0.6 is 0 Å². The third-order valence-electron chi connectivity index (χ3n) is 3.26. The zero-order chi connectivity index (χ0) is 14.8. The molecule has 0 aliphatic heterocycles. The molecule has 0 radical (unpaired) electrons. The summed E-state index contributed by atoms with van der Waals surface area (Å²) >= 11 is 0. The van der Waals surface area contributed by atoms with Crippen molar-refractivity contribution in [2.24, 2.45) is 0 Å². The van der Waals surface area contributed by atoms with E-state index in [9.17, 15) is 9.59 Å². The Balaban J connectivity index is 2.44. The summed E-state index contributed by atoms with van der Waals surface area (Å²) in [6.45, 7) is 0. The van der Waals surface area contributed by atoms with Crippen molar-refractivity contribution < 1.29 is 13.9 Å². The van der Waals surface area contributed by atoms with Crippen molar-refractivity contribution in [1.82, 2.24) is 0 Å². The van der Waals surface area contributed by atoms with Gasteiger partial charge in [0.05, 0.1) is 12.5 Å². The fraction of sp³-hybridized carbons (Fsp3) is 0.0588. The van der Waals surface area contributed by atoms with Crippen LogP contribution in [0.3, 0.4) is 0 Å². The molecule has 4 heteroatoms. The molecule has 0 atom stereocenters. The van der Waals surface area contributed by atoms with Crippen LogP contribution in [-0.2, 0) is 4.74 Å². The first-order chi connectivity index (χ1) is 10.2. The lowest BCUT2D eigenvalue weighted by Gasteiger charge is -2.09. The zero-order valence-corrected chi connectivity index (χ0v) is 11.3. The van der Waals surface area contributed by atoms with Gasteiger partial charge in [-0.15, -0.1) is 0 Å². The maximum atomic E-state index is 12.1. The van der Waals surface area contributed by atoms with E-state index in [0.717, 1.165) is 0 Å². The lowest BCUT2D eigenvalue weighted by molar-refractivity contribution is 0.0601. The van der Waals surface area contributed by atoms with Crippen molar-refractivity contribution in [3.63, 3.8) is 0 Å². The van der Waals surface area contributed by atoms with Crippen LogP contribution in [-0.4, -0.2) is 13.1 Å². The van der Waals surface area contributed by atoms with Crippen LogP contribution in [0.1, 0.15) is 10.4 Å². The first kappa shape index (κ1) is 13.1. The number of carbonyl (C=O) groups is 1. The number of methoxy groups -OCH3 is 1. The normalized spacial score (nSPS) is 10.5. The van der Waals surface area contributed by atoms with E-state index < -0.39 is 11.6 Å². The first-order valence-corrected chi connectivity index (χ1v) is 6.42. The third-order valence-corrected chi connectivity index (χ3v) is 3.26. The number of rotatable bonds is 2. The number of benzene rings is 2. The number of ether oxygens (including phenoxy) is 1. The van der Waals surface area contributed by atoms with Crippen LogP contribution < -0.4 is 5.63 Å². The monoisotopic (exact) mass is 280 g/mol. The summed E-state index contributed by atoms with van der Waals surface area (Å²) in [5.41, 5.74) is 0.441. The first-order valence-electron chi connectivity index (χ1n) is 6.42. The van der Waals surface area contributed by atoms with Crippen molar-refractivity contribution in [2.75, 3.05) is 7.11 Å². The molecule has 1 heterocycles. The van der Waals surface area contributed by atoms with E-state index in [1.807, 2.05) is 18.2 Å². The minimum atomic E-state index is -0.534. The van der Waals surface area contributed by atoms with E-state index in [0.29, 0.717) is 16.3 Å². The van der Waals surface area contributed by atoms with Gasteiger partial charge in [-0.3, -0.25) is 0 Å². The average Bonchev–Trinajstić information content (AvgIpc) is 2.55. The Morgan fingerprint density at radius 2 is 1.57 bits per heavy atom. The van der Waals surface area contributed by atoms with Gasteiger partial charge >= 0.3 is 11.6 Å². The summed E-state index contributed by atoms with van der Waals surface area (Å²) < 4.78 is 10.2. The quantitative estimate of drug-likeness (QED) is 0.676. The molecule has 0 N–H and O–H groups in total. The van der Waals surface area contributed by atoms with E-state index in [1.165, 1.54) is 7.11 Å². The molecule has 0 unspecified atom stereocenters. The maximum absolute atomic E-state index is 12.1. The Bertz CT molecular complexity index is 863. The highest BCUT2D eigenvalue weighted by atomic mass is 16.5. The van der Waals surface area contributed by atoms with Crippen molar-refractivity contribution in [3.8, 4) is 11.3 Å². The number of hydrogen-bond acceptors (Lipinski definition) is 4. The van der Waals surface area contributed by atoms with Gasteiger partial charge < -0.3 is 9.15 Å². The molecule has 0 fully saturated rings. The van der Waals surface area contributed by atoms with Crippen LogP contribution in [0.2, 0.25) is 0 Å². The Morgan fingerprint density at radius 3 is 2.24 bits per heavy atom. The summed E-state index contributed by atoms with van der Waals surface area (Å²) in [6.07, 6.45) is 0. The average molecular weight is 280 g/mol. The van der Waals surface area contributed by atoms with Gasteiger partial charge in [0, 0.05) is 10.9 Å². The molecule has 0 aliphatic rings. The third kappa shape index (κ3) is 2.21. The number of fused-ring (bicyclic) bond motifs is 1. The molecular formula is C17H12O4. The molecule has 0 spiro atoms. The molecule has 1 aromatic heterocycles. The van der Waals surface area contributed by atoms with E-state index in [4.69, 9.17) is 9.15 Å². The van der Waals surface area contributed by atoms with Gasteiger partial charge in [0.1, 0.15) is 5.56 Å². The molecular weight excluding hydrogens is 268 g/mol. The minimum Gasteiger partial charge on any atom is -0.465 e. The predicted octanol–water partition coefficient (Wildman–Crippen LogP) is 3.25. The summed E-state index contributed by atoms with van der Waals surface area (Å²) in [5.74, 6) is -0.306. The van der Waals surface area contributed by atoms with E-state index in [-0.39, 0.29) is 11.3 Å². The molecule has 2 aromatic carbocycles. The molecule has 4 nitrogen and oxygen atoms in total. The van der Waals surface area contributed by atoms with Gasteiger partial charge in [0.2, 0.25) is 0 Å². The van der Waals surface area contributed by atoms with Crippen molar-refractivity contribution in [2.45, 2.75) is 0 Å². The number of esters is 1. The highest BCUT2D eigenvalue weighted by molar-refractivity contribution is 6.08. The SMILES string of the molecule is COC(=O)c1c(-c2ccccc2)oc(=O)c2ccccc12. The molecule has 0 amide bonds. The summed E-state index contributed by atoms with van der Waals surface area (Å²) in [4.78, 5) is 24.3. The fourth-order valence-electron chi connectivity index (χ4n) is 2.30. The largest absolute Gasteiger partial charge is 0.465 e. The molecule has 3 rings (SSSR count). The van der Waals surface area contributed by atoms with Gasteiger partial charge in [-0.05, 0) is 6.07 Å². The Hall–Kier alpha value is -2.88. The lowest BCUT2D eigenvalue weighted by Crippen LogP contribution is -2.10. The summed E-state index contributed by atoms with van der Waals surface area (Å²) in [7, 11) is 1.30. The standard InChI is InChI=1S/C17H12O4/c1-20-17(19)14-12-9-5-6-10-13(12)16(18)21-15(14)11-7-3-2-4-8-11/h2-10H,1H3. The maximum Gasteiger partial charge on any atom is 0.344 e. The van der Waals surface area contributed by atoms with Gasteiger partial charge in [0.25, 0.3) is 0 Å². The number of carbonyl (C=O) groups excluding carboxylic acids is 1. The summed E-state index contributed by atoms with van der Waals surface area (Å²) in [6, 6.07) is 15.9. The highest BCUT2D eigenvalue weighted by Gasteiger charge is 2.21. The van der Waals surface area contributed by atoms with Crippen LogP contribution in [0.25, 0.3) is 22.1 Å². The van der Waals surface area contributed by atoms with Gasteiger partial charge in [-0.1, -0.05) is 48.5 Å². The molecule has 21 heavy (non-hydrogen) atoms. The lowest BCUT2D eigenvalue weighted by atomic mass is 10.0. The molecule has 0 saturated heterocycles. The molecule has 104 valence electrons. The smallest absolute Gasteiger partial charge is 0.344 e. The second-order valence-corrected chi connectivity index (χ2v) is 4.50. The Kier molecular flexibility index (Phi) is 3.28. The second kappa shape index (κ2) is 5.25. The predicted molar refractivity (Wildman–Crippen MR) is 79.3 cm³/mol. The zero-order valence-electron chi connectivity index (χ0n) is 11.3. The van der Waals surface area contributed by atoms with Crippen molar-refractivity contribution >= 4 is 16.7 Å². The molecule has 0 bridgehead atoms. The fourth-order valence-corrected chi connectivity index (χ4v) is 2.30. The topological polar surface area (TPSA) is 56.5 Å². The second-order valence-electron chi connectivity index (χ2n) is 4.50. The minimum absolute atomic E-state index is 0.228. The summed E-state index contributed by atoms with van der Waals surface area (Å²) in [5, 5.41) is 0.886. The van der Waals surface area contributed by atoms with Crippen molar-refractivity contribution in [3.05, 3.63) is 70.6 Å². The van der Waals surface area contributed by atoms with E-state index in [1.54, 1.807) is 36.4 Å². The van der Waals surface area contributed by atoms with Crippen LogP contribution in [0.4, 0.5) is 0 Å². The Morgan fingerprint density at radius 1 is 0.952 bits per heavy atom. The number of hydrogen-bond donors (Lipinski definition) is 0. The van der Waals surface area contributed by atoms with Crippen LogP contribution in [0.5, 0.6) is 0 Å². The van der Waals surface area contributed by atoms with Gasteiger partial charge in [0.15, 0.2) is 5.76 Å². The Labute approximate surface area is 120 Å².